The Morgan fingerprint density at radius 2 is 1.81 bits per heavy atom. The lowest BCUT2D eigenvalue weighted by Crippen LogP contribution is -2.30. The minimum Gasteiger partial charge on any atom is -0.322 e. The minimum atomic E-state index is -3.74. The van der Waals surface area contributed by atoms with Crippen molar-refractivity contribution in [2.75, 3.05) is 11.9 Å². The number of carbonyl (C=O) groups is 1. The van der Waals surface area contributed by atoms with Gasteiger partial charge >= 0.3 is 0 Å². The van der Waals surface area contributed by atoms with E-state index in [1.54, 1.807) is 24.3 Å². The van der Waals surface area contributed by atoms with Gasteiger partial charge in [0.25, 0.3) is 15.9 Å². The largest absolute Gasteiger partial charge is 0.322 e. The summed E-state index contributed by atoms with van der Waals surface area (Å²) in [6.07, 6.45) is 3.58. The Morgan fingerprint density at radius 3 is 2.59 bits per heavy atom. The van der Waals surface area contributed by atoms with Crippen molar-refractivity contribution in [1.82, 2.24) is 4.72 Å². The first-order valence-corrected chi connectivity index (χ1v) is 10.5. The number of rotatable bonds is 4. The van der Waals surface area contributed by atoms with Crippen molar-refractivity contribution in [3.8, 4) is 0 Å². The van der Waals surface area contributed by atoms with Crippen molar-refractivity contribution >= 4 is 27.5 Å². The smallest absolute Gasteiger partial charge is 0.262 e. The molecule has 0 fully saturated rings. The number of hydrogen-bond donors (Lipinski definition) is 2. The zero-order valence-corrected chi connectivity index (χ0v) is 16.1. The number of amidine groups is 1. The van der Waals surface area contributed by atoms with Gasteiger partial charge in [0, 0.05) is 24.2 Å². The third kappa shape index (κ3) is 5.17. The van der Waals surface area contributed by atoms with Crippen molar-refractivity contribution in [1.29, 1.82) is 0 Å². The molecule has 2 N–H and O–H groups in total. The number of anilines is 1. The highest BCUT2D eigenvalue weighted by atomic mass is 32.2. The third-order valence-electron chi connectivity index (χ3n) is 4.34. The maximum atomic E-state index is 12.7. The van der Waals surface area contributed by atoms with Crippen molar-refractivity contribution in [3.05, 3.63) is 59.7 Å². The predicted octanol–water partition coefficient (Wildman–Crippen LogP) is 3.50. The van der Waals surface area contributed by atoms with Crippen LogP contribution in [0.3, 0.4) is 0 Å². The van der Waals surface area contributed by atoms with Crippen LogP contribution in [0.5, 0.6) is 0 Å². The quantitative estimate of drug-likeness (QED) is 0.844. The summed E-state index contributed by atoms with van der Waals surface area (Å²) < 4.78 is 27.9. The zero-order valence-electron chi connectivity index (χ0n) is 15.2. The topological polar surface area (TPSA) is 87.6 Å². The second-order valence-electron chi connectivity index (χ2n) is 6.59. The van der Waals surface area contributed by atoms with E-state index in [2.05, 4.69) is 15.0 Å². The van der Waals surface area contributed by atoms with E-state index in [0.29, 0.717) is 30.1 Å². The molecule has 0 bridgehead atoms. The number of amides is 1. The van der Waals surface area contributed by atoms with E-state index >= 15 is 0 Å². The minimum absolute atomic E-state index is 0.0937. The highest BCUT2D eigenvalue weighted by molar-refractivity contribution is 7.90. The van der Waals surface area contributed by atoms with E-state index < -0.39 is 10.0 Å². The molecule has 0 unspecified atom stereocenters. The molecule has 1 aliphatic rings. The Labute approximate surface area is 159 Å². The normalized spacial score (nSPS) is 14.8. The van der Waals surface area contributed by atoms with Crippen molar-refractivity contribution < 1.29 is 13.2 Å². The van der Waals surface area contributed by atoms with Crippen molar-refractivity contribution in [2.45, 2.75) is 37.5 Å². The van der Waals surface area contributed by atoms with Gasteiger partial charge in [-0.05, 0) is 50.1 Å². The number of sulfonamides is 1. The van der Waals surface area contributed by atoms with Gasteiger partial charge in [-0.15, -0.1) is 0 Å². The molecule has 3 rings (SSSR count). The standard InChI is InChI=1S/C20H23N3O3S/c1-15-9-11-16(12-10-15)20(24)22-17-6-5-7-18(14-17)27(25,26)23-19-8-3-2-4-13-21-19/h5-7,9-12,14H,2-4,8,13H2,1H3,(H,21,23)(H,22,24). The predicted molar refractivity (Wildman–Crippen MR) is 107 cm³/mol. The molecular formula is C20H23N3O3S. The van der Waals surface area contributed by atoms with Gasteiger partial charge in [-0.25, -0.2) is 8.42 Å². The molecule has 0 aliphatic carbocycles. The molecule has 1 amide bonds. The lowest BCUT2D eigenvalue weighted by molar-refractivity contribution is 0.102. The molecule has 0 saturated heterocycles. The number of benzene rings is 2. The lowest BCUT2D eigenvalue weighted by atomic mass is 10.1. The highest BCUT2D eigenvalue weighted by Gasteiger charge is 2.18. The van der Waals surface area contributed by atoms with Crippen LogP contribution in [0, 0.1) is 6.92 Å². The molecule has 1 aliphatic heterocycles. The average Bonchev–Trinajstić information content (AvgIpc) is 2.90. The molecule has 7 heteroatoms. The van der Waals surface area contributed by atoms with Crippen LogP contribution in [-0.2, 0) is 10.0 Å². The molecule has 0 radical (unpaired) electrons. The molecule has 2 aromatic carbocycles. The van der Waals surface area contributed by atoms with Gasteiger partial charge in [-0.2, -0.15) is 0 Å². The number of nitrogens with zero attached hydrogens (tertiary/aromatic N) is 1. The molecule has 0 atom stereocenters. The fraction of sp³-hybridized carbons (Fsp3) is 0.300. The van der Waals surface area contributed by atoms with E-state index in [1.807, 2.05) is 19.1 Å². The third-order valence-corrected chi connectivity index (χ3v) is 5.72. The molecule has 1 heterocycles. The second-order valence-corrected chi connectivity index (χ2v) is 8.27. The fourth-order valence-electron chi connectivity index (χ4n) is 2.82. The molecule has 0 saturated carbocycles. The summed E-state index contributed by atoms with van der Waals surface area (Å²) >= 11 is 0. The van der Waals surface area contributed by atoms with Crippen LogP contribution in [0.1, 0.15) is 41.6 Å². The number of aryl methyl sites for hydroxylation is 1. The summed E-state index contributed by atoms with van der Waals surface area (Å²) in [6, 6.07) is 13.4. The van der Waals surface area contributed by atoms with Gasteiger partial charge < -0.3 is 5.32 Å². The lowest BCUT2D eigenvalue weighted by Gasteiger charge is -2.11. The van der Waals surface area contributed by atoms with E-state index in [-0.39, 0.29) is 10.8 Å². The SMILES string of the molecule is Cc1ccc(C(=O)Nc2cccc(S(=O)(=O)NC3=NCCCCC3)c2)cc1. The average molecular weight is 385 g/mol. The zero-order chi connectivity index (χ0) is 19.3. The highest BCUT2D eigenvalue weighted by Crippen LogP contribution is 2.17. The first-order valence-electron chi connectivity index (χ1n) is 8.98. The van der Waals surface area contributed by atoms with Crippen LogP contribution in [0.4, 0.5) is 5.69 Å². The summed E-state index contributed by atoms with van der Waals surface area (Å²) in [6.45, 7) is 2.59. The maximum absolute atomic E-state index is 12.7. The van der Waals surface area contributed by atoms with Crippen LogP contribution in [0.15, 0.2) is 58.4 Å². The summed E-state index contributed by atoms with van der Waals surface area (Å²) in [5.74, 6) is 0.215. The molecule has 2 aromatic rings. The van der Waals surface area contributed by atoms with Gasteiger partial charge in [0.05, 0.1) is 4.90 Å². The number of aliphatic imine (C=N–C) groups is 1. The van der Waals surface area contributed by atoms with Crippen LogP contribution in [-0.4, -0.2) is 26.7 Å². The van der Waals surface area contributed by atoms with Gasteiger partial charge in [0.15, 0.2) is 0 Å². The van der Waals surface area contributed by atoms with Crippen LogP contribution in [0.2, 0.25) is 0 Å². The first kappa shape index (κ1) is 19.1. The number of hydrogen-bond acceptors (Lipinski definition) is 4. The first-order chi connectivity index (χ1) is 12.9. The fourth-order valence-corrected chi connectivity index (χ4v) is 3.96. The monoisotopic (exact) mass is 385 g/mol. The number of carbonyl (C=O) groups excluding carboxylic acids is 1. The van der Waals surface area contributed by atoms with E-state index in [0.717, 1.165) is 24.8 Å². The van der Waals surface area contributed by atoms with Crippen molar-refractivity contribution in [3.63, 3.8) is 0 Å². The maximum Gasteiger partial charge on any atom is 0.262 e. The van der Waals surface area contributed by atoms with E-state index in [1.165, 1.54) is 12.1 Å². The van der Waals surface area contributed by atoms with Gasteiger partial charge in [-0.3, -0.25) is 14.5 Å². The summed E-state index contributed by atoms with van der Waals surface area (Å²) in [5.41, 5.74) is 2.00. The summed E-state index contributed by atoms with van der Waals surface area (Å²) in [7, 11) is -3.74. The summed E-state index contributed by atoms with van der Waals surface area (Å²) in [4.78, 5) is 16.7. The number of nitrogens with one attached hydrogen (secondary N) is 2. The Balaban J connectivity index is 1.75. The molecule has 142 valence electrons. The van der Waals surface area contributed by atoms with Gasteiger partial charge in [0.1, 0.15) is 5.84 Å². The van der Waals surface area contributed by atoms with E-state index in [9.17, 15) is 13.2 Å². The van der Waals surface area contributed by atoms with Crippen LogP contribution < -0.4 is 10.0 Å². The van der Waals surface area contributed by atoms with Gasteiger partial charge in [-0.1, -0.05) is 30.2 Å². The Kier molecular flexibility index (Phi) is 5.91. The summed E-state index contributed by atoms with van der Waals surface area (Å²) in [5, 5.41) is 2.74. The Morgan fingerprint density at radius 1 is 1.04 bits per heavy atom. The molecule has 0 spiro atoms. The molecule has 6 nitrogen and oxygen atoms in total. The molecular weight excluding hydrogens is 362 g/mol. The Bertz CT molecular complexity index is 951. The van der Waals surface area contributed by atoms with Gasteiger partial charge in [0.2, 0.25) is 0 Å². The second kappa shape index (κ2) is 8.35. The van der Waals surface area contributed by atoms with Crippen LogP contribution in [0.25, 0.3) is 0 Å². The molecule has 27 heavy (non-hydrogen) atoms. The van der Waals surface area contributed by atoms with E-state index in [4.69, 9.17) is 0 Å². The molecule has 0 aromatic heterocycles. The van der Waals surface area contributed by atoms with Crippen LogP contribution >= 0.6 is 0 Å². The Hall–Kier alpha value is -2.67. The van der Waals surface area contributed by atoms with Crippen molar-refractivity contribution in [2.24, 2.45) is 4.99 Å².